The van der Waals surface area contributed by atoms with E-state index in [0.717, 1.165) is 24.1 Å². The molecule has 0 radical (unpaired) electrons. The lowest BCUT2D eigenvalue weighted by Gasteiger charge is -2.37. The largest absolute Gasteiger partial charge is 0.326 e. The van der Waals surface area contributed by atoms with E-state index >= 15 is 0 Å². The van der Waals surface area contributed by atoms with Gasteiger partial charge in [0.25, 0.3) is 5.91 Å². The average molecular weight is 500 g/mol. The van der Waals surface area contributed by atoms with Crippen LogP contribution in [0.1, 0.15) is 32.5 Å². The molecule has 2 aromatic heterocycles. The van der Waals surface area contributed by atoms with Crippen molar-refractivity contribution >= 4 is 34.6 Å². The second-order valence-corrected chi connectivity index (χ2v) is 11.0. The molecule has 2 aromatic carbocycles. The minimum atomic E-state index is -1.12. The van der Waals surface area contributed by atoms with E-state index in [4.69, 9.17) is 0 Å². The molecule has 4 aromatic rings. The summed E-state index contributed by atoms with van der Waals surface area (Å²) in [4.78, 5) is 33.8. The van der Waals surface area contributed by atoms with E-state index < -0.39 is 5.54 Å². The lowest BCUT2D eigenvalue weighted by molar-refractivity contribution is -0.133. The van der Waals surface area contributed by atoms with Crippen molar-refractivity contribution in [3.05, 3.63) is 116 Å². The first-order valence-corrected chi connectivity index (χ1v) is 13.5. The van der Waals surface area contributed by atoms with Crippen molar-refractivity contribution in [2.75, 3.05) is 13.2 Å². The molecule has 2 atom stereocenters. The highest BCUT2D eigenvalue weighted by Gasteiger charge is 2.53. The standard InChI is InChI=1S/C28H25N3O2S2/c32-26-28(21-10-5-2-6-11-21,18-20-8-3-1-4-9-20)29-27(33)31(26)19-30-15-13-23-22(14-17-35-23)25(30)24-12-7-16-34-24/h1-12,14,16-17,25H,13,15,18-19H2,(H,29,33)/t25-,28-/m1/s1. The Balaban J connectivity index is 1.35. The van der Waals surface area contributed by atoms with E-state index in [2.05, 4.69) is 39.2 Å². The van der Waals surface area contributed by atoms with Gasteiger partial charge in [-0.1, -0.05) is 66.7 Å². The summed E-state index contributed by atoms with van der Waals surface area (Å²) in [7, 11) is 0. The molecular formula is C28H25N3O2S2. The number of benzene rings is 2. The van der Waals surface area contributed by atoms with Crippen LogP contribution in [0.3, 0.4) is 0 Å². The van der Waals surface area contributed by atoms with Gasteiger partial charge in [-0.05, 0) is 46.0 Å². The first kappa shape index (κ1) is 22.2. The number of urea groups is 1. The molecule has 4 heterocycles. The summed E-state index contributed by atoms with van der Waals surface area (Å²) in [5, 5.41) is 7.33. The van der Waals surface area contributed by atoms with Crippen molar-refractivity contribution in [3.8, 4) is 0 Å². The van der Waals surface area contributed by atoms with Gasteiger partial charge in [-0.2, -0.15) is 0 Å². The van der Waals surface area contributed by atoms with Crippen LogP contribution in [0.4, 0.5) is 4.79 Å². The molecule has 0 spiro atoms. The lowest BCUT2D eigenvalue weighted by atomic mass is 9.83. The maximum Gasteiger partial charge on any atom is 0.326 e. The van der Waals surface area contributed by atoms with Crippen molar-refractivity contribution in [2.24, 2.45) is 0 Å². The summed E-state index contributed by atoms with van der Waals surface area (Å²) in [6.45, 7) is 1.05. The predicted octanol–water partition coefficient (Wildman–Crippen LogP) is 5.40. The number of imide groups is 1. The van der Waals surface area contributed by atoms with Gasteiger partial charge < -0.3 is 5.32 Å². The number of fused-ring (bicyclic) bond motifs is 1. The Morgan fingerprint density at radius 1 is 0.886 bits per heavy atom. The molecule has 5 nitrogen and oxygen atoms in total. The Hall–Kier alpha value is -3.26. The average Bonchev–Trinajstić information content (AvgIpc) is 3.63. The Morgan fingerprint density at radius 2 is 1.66 bits per heavy atom. The van der Waals surface area contributed by atoms with Crippen LogP contribution in [-0.2, 0) is 23.2 Å². The molecule has 0 unspecified atom stereocenters. The van der Waals surface area contributed by atoms with Crippen LogP contribution >= 0.6 is 22.7 Å². The zero-order valence-electron chi connectivity index (χ0n) is 19.1. The second-order valence-electron chi connectivity index (χ2n) is 9.02. The van der Waals surface area contributed by atoms with Crippen molar-refractivity contribution in [2.45, 2.75) is 24.4 Å². The maximum absolute atomic E-state index is 14.1. The van der Waals surface area contributed by atoms with E-state index in [1.165, 1.54) is 20.2 Å². The fraction of sp³-hybridized carbons (Fsp3) is 0.214. The minimum Gasteiger partial charge on any atom is -0.319 e. The first-order chi connectivity index (χ1) is 17.2. The zero-order chi connectivity index (χ0) is 23.8. The van der Waals surface area contributed by atoms with Gasteiger partial charge in [0.15, 0.2) is 5.54 Å². The van der Waals surface area contributed by atoms with Gasteiger partial charge in [0.1, 0.15) is 0 Å². The summed E-state index contributed by atoms with van der Waals surface area (Å²) in [5.74, 6) is -0.196. The van der Waals surface area contributed by atoms with Crippen LogP contribution < -0.4 is 5.32 Å². The normalized spacial score (nSPS) is 22.3. The van der Waals surface area contributed by atoms with E-state index in [-0.39, 0.29) is 24.6 Å². The molecule has 3 amide bonds. The summed E-state index contributed by atoms with van der Waals surface area (Å²) in [6, 6.07) is 25.6. The molecule has 1 fully saturated rings. The van der Waals surface area contributed by atoms with E-state index in [9.17, 15) is 9.59 Å². The molecule has 2 aliphatic rings. The monoisotopic (exact) mass is 499 g/mol. The van der Waals surface area contributed by atoms with Crippen molar-refractivity contribution in [1.82, 2.24) is 15.1 Å². The van der Waals surface area contributed by atoms with Gasteiger partial charge in [0.2, 0.25) is 0 Å². The first-order valence-electron chi connectivity index (χ1n) is 11.7. The molecule has 1 saturated heterocycles. The highest BCUT2D eigenvalue weighted by atomic mass is 32.1. The number of carbonyl (C=O) groups excluding carboxylic acids is 2. The zero-order valence-corrected chi connectivity index (χ0v) is 20.7. The third kappa shape index (κ3) is 3.89. The number of hydrogen-bond acceptors (Lipinski definition) is 5. The van der Waals surface area contributed by atoms with Crippen LogP contribution in [0.15, 0.2) is 89.6 Å². The predicted molar refractivity (Wildman–Crippen MR) is 139 cm³/mol. The number of thiophene rings is 2. The number of nitrogens with one attached hydrogen (secondary N) is 1. The molecule has 1 N–H and O–H groups in total. The van der Waals surface area contributed by atoms with E-state index in [1.54, 1.807) is 22.7 Å². The third-order valence-corrected chi connectivity index (χ3v) is 8.88. The molecule has 176 valence electrons. The van der Waals surface area contributed by atoms with E-state index in [0.29, 0.717) is 6.42 Å². The number of hydrogen-bond donors (Lipinski definition) is 1. The van der Waals surface area contributed by atoms with Crippen molar-refractivity contribution in [3.63, 3.8) is 0 Å². The minimum absolute atomic E-state index is 0.0476. The van der Waals surface area contributed by atoms with Gasteiger partial charge in [0.05, 0.1) is 12.7 Å². The molecule has 0 saturated carbocycles. The number of amides is 3. The summed E-state index contributed by atoms with van der Waals surface area (Å²) in [6.07, 6.45) is 1.33. The van der Waals surface area contributed by atoms with Crippen LogP contribution in [0.2, 0.25) is 0 Å². The maximum atomic E-state index is 14.1. The van der Waals surface area contributed by atoms with E-state index in [1.807, 2.05) is 60.7 Å². The van der Waals surface area contributed by atoms with Crippen LogP contribution in [-0.4, -0.2) is 35.0 Å². The van der Waals surface area contributed by atoms with Gasteiger partial charge in [0, 0.05) is 22.7 Å². The second kappa shape index (κ2) is 9.07. The number of carbonyl (C=O) groups is 2. The summed E-state index contributed by atoms with van der Waals surface area (Å²) >= 11 is 3.51. The molecule has 6 rings (SSSR count). The lowest BCUT2D eigenvalue weighted by Crippen LogP contribution is -2.48. The van der Waals surface area contributed by atoms with Crippen molar-refractivity contribution in [1.29, 1.82) is 0 Å². The highest BCUT2D eigenvalue weighted by Crippen LogP contribution is 2.40. The highest BCUT2D eigenvalue weighted by molar-refractivity contribution is 7.10. The third-order valence-electron chi connectivity index (χ3n) is 6.96. The molecule has 35 heavy (non-hydrogen) atoms. The van der Waals surface area contributed by atoms with Crippen LogP contribution in [0.5, 0.6) is 0 Å². The fourth-order valence-electron chi connectivity index (χ4n) is 5.28. The molecule has 0 bridgehead atoms. The van der Waals surface area contributed by atoms with Gasteiger partial charge in [-0.25, -0.2) is 9.69 Å². The summed E-state index contributed by atoms with van der Waals surface area (Å²) in [5.41, 5.74) is 1.97. The van der Waals surface area contributed by atoms with Crippen LogP contribution in [0, 0.1) is 0 Å². The molecule has 2 aliphatic heterocycles. The Bertz CT molecular complexity index is 1340. The van der Waals surface area contributed by atoms with Crippen LogP contribution in [0.25, 0.3) is 0 Å². The quantitative estimate of drug-likeness (QED) is 0.361. The molecule has 0 aliphatic carbocycles. The fourth-order valence-corrected chi connectivity index (χ4v) is 7.06. The number of nitrogens with zero attached hydrogens (tertiary/aromatic N) is 2. The van der Waals surface area contributed by atoms with Gasteiger partial charge >= 0.3 is 6.03 Å². The molecule has 7 heteroatoms. The Labute approximate surface area is 212 Å². The Morgan fingerprint density at radius 3 is 2.40 bits per heavy atom. The smallest absolute Gasteiger partial charge is 0.319 e. The van der Waals surface area contributed by atoms with Gasteiger partial charge in [-0.15, -0.1) is 22.7 Å². The summed E-state index contributed by atoms with van der Waals surface area (Å²) < 4.78 is 0. The van der Waals surface area contributed by atoms with Crippen molar-refractivity contribution < 1.29 is 9.59 Å². The Kier molecular flexibility index (Phi) is 5.76. The molecular weight excluding hydrogens is 474 g/mol. The number of rotatable bonds is 6. The topological polar surface area (TPSA) is 52.7 Å². The SMILES string of the molecule is O=C1N[C@](Cc2ccccc2)(c2ccccc2)C(=O)N1CN1CCc2sccc2[C@@H]1c1cccs1. The van der Waals surface area contributed by atoms with Gasteiger partial charge in [-0.3, -0.25) is 9.69 Å².